The zero-order valence-electron chi connectivity index (χ0n) is 12.9. The fourth-order valence-electron chi connectivity index (χ4n) is 2.27. The Morgan fingerprint density at radius 2 is 1.48 bits per heavy atom. The van der Waals surface area contributed by atoms with Crippen molar-refractivity contribution in [3.63, 3.8) is 0 Å². The van der Waals surface area contributed by atoms with Crippen molar-refractivity contribution in [1.29, 1.82) is 0 Å². The minimum Gasteiger partial charge on any atom is -0.456 e. The first-order chi connectivity index (χ1) is 9.94. The van der Waals surface area contributed by atoms with Crippen molar-refractivity contribution < 1.29 is 38.0 Å². The van der Waals surface area contributed by atoms with E-state index in [0.717, 1.165) is 0 Å². The van der Waals surface area contributed by atoms with Gasteiger partial charge >= 0.3 is 11.9 Å². The Labute approximate surface area is 123 Å². The molecule has 0 bridgehead atoms. The van der Waals surface area contributed by atoms with Crippen LogP contribution >= 0.6 is 0 Å². The average molecular weight is 306 g/mol. The minimum atomic E-state index is -0.852. The molecule has 5 atom stereocenters. The zero-order valence-corrected chi connectivity index (χ0v) is 12.9. The van der Waals surface area contributed by atoms with Crippen molar-refractivity contribution >= 4 is 11.9 Å². The number of carbonyl (C=O) groups is 2. The second kappa shape index (κ2) is 8.28. The van der Waals surface area contributed by atoms with E-state index < -0.39 is 42.6 Å². The fraction of sp³-hybridized carbons (Fsp3) is 0.846. The van der Waals surface area contributed by atoms with E-state index in [9.17, 15) is 9.59 Å². The van der Waals surface area contributed by atoms with Gasteiger partial charge in [0.1, 0.15) is 12.2 Å². The van der Waals surface area contributed by atoms with E-state index in [-0.39, 0.29) is 6.61 Å². The predicted molar refractivity (Wildman–Crippen MR) is 69.5 cm³/mol. The molecule has 0 aromatic carbocycles. The third kappa shape index (κ3) is 4.63. The summed E-state index contributed by atoms with van der Waals surface area (Å²) in [6.07, 6.45) is -3.83. The molecular weight excluding hydrogens is 284 g/mol. The first kappa shape index (κ1) is 17.8. The number of rotatable bonds is 6. The number of methoxy groups -OCH3 is 3. The van der Waals surface area contributed by atoms with Crippen LogP contribution in [0.5, 0.6) is 0 Å². The molecule has 0 aliphatic carbocycles. The Morgan fingerprint density at radius 3 is 1.90 bits per heavy atom. The van der Waals surface area contributed by atoms with E-state index in [0.29, 0.717) is 0 Å². The highest BCUT2D eigenvalue weighted by Gasteiger charge is 2.50. The lowest BCUT2D eigenvalue weighted by atomic mass is 9.98. The van der Waals surface area contributed by atoms with Gasteiger partial charge in [0.05, 0.1) is 6.61 Å². The van der Waals surface area contributed by atoms with Gasteiger partial charge in [-0.25, -0.2) is 0 Å². The molecule has 0 spiro atoms. The van der Waals surface area contributed by atoms with Crippen LogP contribution in [0.1, 0.15) is 13.8 Å². The monoisotopic (exact) mass is 306 g/mol. The summed E-state index contributed by atoms with van der Waals surface area (Å²) in [4.78, 5) is 22.6. The summed E-state index contributed by atoms with van der Waals surface area (Å²) in [5.74, 6) is -1.04. The molecule has 122 valence electrons. The molecule has 1 rings (SSSR count). The Bertz CT molecular complexity index is 358. The number of esters is 2. The number of ether oxygens (including phenoxy) is 6. The largest absolute Gasteiger partial charge is 0.456 e. The van der Waals surface area contributed by atoms with Crippen LogP contribution in [0.2, 0.25) is 0 Å². The van der Waals surface area contributed by atoms with Gasteiger partial charge in [-0.05, 0) is 0 Å². The predicted octanol–water partition coefficient (Wildman–Crippen LogP) is -0.117. The van der Waals surface area contributed by atoms with E-state index in [1.165, 1.54) is 35.2 Å². The molecule has 1 saturated heterocycles. The molecule has 0 aromatic heterocycles. The maximum Gasteiger partial charge on any atom is 0.303 e. The van der Waals surface area contributed by atoms with Crippen LogP contribution in [0.15, 0.2) is 0 Å². The average Bonchev–Trinajstić information content (AvgIpc) is 2.41. The maximum atomic E-state index is 11.3. The highest BCUT2D eigenvalue weighted by Crippen LogP contribution is 2.28. The molecule has 0 amide bonds. The molecule has 5 unspecified atom stereocenters. The van der Waals surface area contributed by atoms with Gasteiger partial charge in [0.25, 0.3) is 0 Å². The molecule has 0 saturated carbocycles. The number of hydrogen-bond donors (Lipinski definition) is 0. The van der Waals surface area contributed by atoms with Crippen LogP contribution in [0.25, 0.3) is 0 Å². The Morgan fingerprint density at radius 1 is 0.905 bits per heavy atom. The van der Waals surface area contributed by atoms with Crippen molar-refractivity contribution in [2.75, 3.05) is 27.9 Å². The molecule has 8 heteroatoms. The summed E-state index contributed by atoms with van der Waals surface area (Å²) in [6, 6.07) is 0. The van der Waals surface area contributed by atoms with Crippen molar-refractivity contribution in [3.8, 4) is 0 Å². The van der Waals surface area contributed by atoms with Crippen molar-refractivity contribution in [2.24, 2.45) is 0 Å². The standard InChI is InChI=1S/C13H22O8/c1-7(14)19-10-9(6-16-3)21-13(18-5)12(17-4)11(10)20-8(2)15/h9-13H,6H2,1-5H3. The van der Waals surface area contributed by atoms with E-state index in [2.05, 4.69) is 0 Å². The summed E-state index contributed by atoms with van der Waals surface area (Å²) in [7, 11) is 4.36. The normalized spacial score (nSPS) is 32.5. The molecular formula is C13H22O8. The van der Waals surface area contributed by atoms with E-state index in [4.69, 9.17) is 28.4 Å². The van der Waals surface area contributed by atoms with E-state index in [1.54, 1.807) is 0 Å². The van der Waals surface area contributed by atoms with Gasteiger partial charge in [0, 0.05) is 35.2 Å². The lowest BCUT2D eigenvalue weighted by molar-refractivity contribution is -0.304. The first-order valence-corrected chi connectivity index (χ1v) is 6.49. The number of hydrogen-bond acceptors (Lipinski definition) is 8. The van der Waals surface area contributed by atoms with Crippen LogP contribution in [0.4, 0.5) is 0 Å². The first-order valence-electron chi connectivity index (χ1n) is 6.49. The summed E-state index contributed by atoms with van der Waals surface area (Å²) >= 11 is 0. The van der Waals surface area contributed by atoms with Crippen molar-refractivity contribution in [1.82, 2.24) is 0 Å². The third-order valence-corrected chi connectivity index (χ3v) is 3.03. The summed E-state index contributed by atoms with van der Waals surface area (Å²) in [5.41, 5.74) is 0. The Kier molecular flexibility index (Phi) is 7.03. The summed E-state index contributed by atoms with van der Waals surface area (Å²) in [5, 5.41) is 0. The number of carbonyl (C=O) groups excluding carboxylic acids is 2. The molecule has 1 aliphatic rings. The molecule has 0 radical (unpaired) electrons. The van der Waals surface area contributed by atoms with Gasteiger partial charge in [0.2, 0.25) is 0 Å². The highest BCUT2D eigenvalue weighted by molar-refractivity contribution is 5.67. The van der Waals surface area contributed by atoms with Gasteiger partial charge < -0.3 is 28.4 Å². The minimum absolute atomic E-state index is 0.145. The molecule has 1 aliphatic heterocycles. The van der Waals surface area contributed by atoms with Gasteiger partial charge in [-0.15, -0.1) is 0 Å². The zero-order chi connectivity index (χ0) is 16.0. The van der Waals surface area contributed by atoms with Crippen LogP contribution < -0.4 is 0 Å². The molecule has 0 aromatic rings. The molecule has 0 N–H and O–H groups in total. The molecule has 8 nitrogen and oxygen atoms in total. The lowest BCUT2D eigenvalue weighted by Crippen LogP contribution is -2.62. The second-order valence-corrected chi connectivity index (χ2v) is 4.58. The third-order valence-electron chi connectivity index (χ3n) is 3.03. The van der Waals surface area contributed by atoms with E-state index >= 15 is 0 Å². The maximum absolute atomic E-state index is 11.3. The smallest absolute Gasteiger partial charge is 0.303 e. The second-order valence-electron chi connectivity index (χ2n) is 4.58. The van der Waals surface area contributed by atoms with Gasteiger partial charge in [-0.2, -0.15) is 0 Å². The van der Waals surface area contributed by atoms with Crippen LogP contribution in [-0.2, 0) is 38.0 Å². The molecule has 1 heterocycles. The molecule has 21 heavy (non-hydrogen) atoms. The summed E-state index contributed by atoms with van der Waals surface area (Å²) in [6.45, 7) is 2.67. The lowest BCUT2D eigenvalue weighted by Gasteiger charge is -2.43. The summed E-state index contributed by atoms with van der Waals surface area (Å²) < 4.78 is 31.7. The van der Waals surface area contributed by atoms with Crippen molar-refractivity contribution in [2.45, 2.75) is 44.6 Å². The van der Waals surface area contributed by atoms with Gasteiger partial charge in [-0.1, -0.05) is 0 Å². The SMILES string of the molecule is COCC1OC(OC)C(OC)C(OC(C)=O)C1OC(C)=O. The quantitative estimate of drug-likeness (QED) is 0.628. The van der Waals surface area contributed by atoms with E-state index in [1.807, 2.05) is 0 Å². The van der Waals surface area contributed by atoms with Crippen LogP contribution in [-0.4, -0.2) is 70.6 Å². The van der Waals surface area contributed by atoms with Crippen LogP contribution in [0, 0.1) is 0 Å². The highest BCUT2D eigenvalue weighted by atomic mass is 16.7. The Hall–Kier alpha value is -1.22. The van der Waals surface area contributed by atoms with Gasteiger partial charge in [0.15, 0.2) is 18.5 Å². The Balaban J connectivity index is 3.06. The molecule has 1 fully saturated rings. The fourth-order valence-corrected chi connectivity index (χ4v) is 2.27. The topological polar surface area (TPSA) is 89.5 Å². The van der Waals surface area contributed by atoms with Crippen molar-refractivity contribution in [3.05, 3.63) is 0 Å². The van der Waals surface area contributed by atoms with Crippen LogP contribution in [0.3, 0.4) is 0 Å². The van der Waals surface area contributed by atoms with Gasteiger partial charge in [-0.3, -0.25) is 9.59 Å².